The van der Waals surface area contributed by atoms with Crippen molar-refractivity contribution in [1.82, 2.24) is 0 Å². The standard InChI is InChI=1S/C22H27N3O2/c1-2-17-6-8-18(9-7-17)23-21(26)16-22(27)24-19-10-12-20(13-11-19)25-14-4-3-5-15-25/h6-13H,2-5,14-16H2,1H3,(H,23,26)(H,24,27). The Morgan fingerprint density at radius 2 is 1.33 bits per heavy atom. The summed E-state index contributed by atoms with van der Waals surface area (Å²) in [6.45, 7) is 4.26. The van der Waals surface area contributed by atoms with Gasteiger partial charge in [-0.25, -0.2) is 0 Å². The number of carbonyl (C=O) groups is 2. The molecule has 2 N–H and O–H groups in total. The molecule has 142 valence electrons. The van der Waals surface area contributed by atoms with Crippen molar-refractivity contribution in [2.75, 3.05) is 28.6 Å². The van der Waals surface area contributed by atoms with Crippen LogP contribution in [0, 0.1) is 0 Å². The molecule has 2 aromatic carbocycles. The summed E-state index contributed by atoms with van der Waals surface area (Å²) in [5.74, 6) is -0.634. The molecule has 1 aliphatic heterocycles. The topological polar surface area (TPSA) is 61.4 Å². The van der Waals surface area contributed by atoms with Crippen molar-refractivity contribution >= 4 is 28.9 Å². The lowest BCUT2D eigenvalue weighted by Crippen LogP contribution is -2.29. The van der Waals surface area contributed by atoms with Gasteiger partial charge in [-0.15, -0.1) is 0 Å². The second kappa shape index (κ2) is 9.21. The van der Waals surface area contributed by atoms with Crippen molar-refractivity contribution in [2.45, 2.75) is 39.0 Å². The average molecular weight is 365 g/mol. The van der Waals surface area contributed by atoms with Crippen molar-refractivity contribution in [2.24, 2.45) is 0 Å². The molecule has 1 saturated heterocycles. The molecule has 1 fully saturated rings. The van der Waals surface area contributed by atoms with Crippen molar-refractivity contribution in [3.63, 3.8) is 0 Å². The summed E-state index contributed by atoms with van der Waals surface area (Å²) in [5.41, 5.74) is 3.80. The predicted octanol–water partition coefficient (Wildman–Crippen LogP) is 4.21. The molecule has 5 nitrogen and oxygen atoms in total. The highest BCUT2D eigenvalue weighted by molar-refractivity contribution is 6.08. The van der Waals surface area contributed by atoms with Gasteiger partial charge in [-0.2, -0.15) is 0 Å². The van der Waals surface area contributed by atoms with Gasteiger partial charge >= 0.3 is 0 Å². The number of hydrogen-bond acceptors (Lipinski definition) is 3. The number of benzene rings is 2. The van der Waals surface area contributed by atoms with E-state index in [-0.39, 0.29) is 18.2 Å². The SMILES string of the molecule is CCc1ccc(NC(=O)CC(=O)Nc2ccc(N3CCCCC3)cc2)cc1. The van der Waals surface area contributed by atoms with Crippen LogP contribution in [0.3, 0.4) is 0 Å². The number of nitrogens with one attached hydrogen (secondary N) is 2. The Kier molecular flexibility index (Phi) is 6.47. The minimum absolute atomic E-state index is 0.205. The number of amides is 2. The fourth-order valence-electron chi connectivity index (χ4n) is 3.29. The van der Waals surface area contributed by atoms with Gasteiger partial charge in [0, 0.05) is 30.2 Å². The smallest absolute Gasteiger partial charge is 0.233 e. The molecule has 0 saturated carbocycles. The number of hydrogen-bond donors (Lipinski definition) is 2. The van der Waals surface area contributed by atoms with Crippen molar-refractivity contribution in [1.29, 1.82) is 0 Å². The fraction of sp³-hybridized carbons (Fsp3) is 0.364. The van der Waals surface area contributed by atoms with Crippen LogP contribution in [0.4, 0.5) is 17.1 Å². The van der Waals surface area contributed by atoms with E-state index < -0.39 is 0 Å². The van der Waals surface area contributed by atoms with E-state index in [4.69, 9.17) is 0 Å². The molecule has 0 bridgehead atoms. The van der Waals surface area contributed by atoms with E-state index in [0.717, 1.165) is 19.5 Å². The maximum atomic E-state index is 12.1. The number of nitrogens with zero attached hydrogens (tertiary/aromatic N) is 1. The molecule has 3 rings (SSSR count). The van der Waals surface area contributed by atoms with Crippen LogP contribution in [0.25, 0.3) is 0 Å². The van der Waals surface area contributed by atoms with E-state index in [9.17, 15) is 9.59 Å². The maximum Gasteiger partial charge on any atom is 0.233 e. The Morgan fingerprint density at radius 3 is 1.85 bits per heavy atom. The van der Waals surface area contributed by atoms with E-state index in [1.54, 1.807) is 0 Å². The van der Waals surface area contributed by atoms with Crippen LogP contribution < -0.4 is 15.5 Å². The Morgan fingerprint density at radius 1 is 0.815 bits per heavy atom. The monoisotopic (exact) mass is 365 g/mol. The highest BCUT2D eigenvalue weighted by Gasteiger charge is 2.12. The average Bonchev–Trinajstić information content (AvgIpc) is 2.69. The molecule has 0 spiro atoms. The third-order valence-corrected chi connectivity index (χ3v) is 4.84. The molecular formula is C22H27N3O2. The number of carbonyl (C=O) groups excluding carboxylic acids is 2. The molecule has 1 aliphatic rings. The second-order valence-electron chi connectivity index (χ2n) is 6.92. The lowest BCUT2D eigenvalue weighted by atomic mass is 10.1. The highest BCUT2D eigenvalue weighted by atomic mass is 16.2. The quantitative estimate of drug-likeness (QED) is 0.754. The molecular weight excluding hydrogens is 338 g/mol. The zero-order valence-electron chi connectivity index (χ0n) is 15.8. The van der Waals surface area contributed by atoms with Gasteiger partial charge in [0.2, 0.25) is 11.8 Å². The van der Waals surface area contributed by atoms with Gasteiger partial charge in [-0.1, -0.05) is 19.1 Å². The number of piperidine rings is 1. The Labute approximate surface area is 160 Å². The number of anilines is 3. The lowest BCUT2D eigenvalue weighted by Gasteiger charge is -2.28. The van der Waals surface area contributed by atoms with Crippen LogP contribution in [-0.4, -0.2) is 24.9 Å². The third-order valence-electron chi connectivity index (χ3n) is 4.84. The summed E-state index contributed by atoms with van der Waals surface area (Å²) in [6, 6.07) is 15.5. The van der Waals surface area contributed by atoms with Gasteiger partial charge in [-0.3, -0.25) is 9.59 Å². The van der Waals surface area contributed by atoms with E-state index in [1.807, 2.05) is 48.5 Å². The Bertz CT molecular complexity index is 763. The second-order valence-corrected chi connectivity index (χ2v) is 6.92. The van der Waals surface area contributed by atoms with Crippen LogP contribution in [0.2, 0.25) is 0 Å². The summed E-state index contributed by atoms with van der Waals surface area (Å²) < 4.78 is 0. The van der Waals surface area contributed by atoms with E-state index in [0.29, 0.717) is 11.4 Å². The first-order valence-electron chi connectivity index (χ1n) is 9.67. The highest BCUT2D eigenvalue weighted by Crippen LogP contribution is 2.22. The summed E-state index contributed by atoms with van der Waals surface area (Å²) >= 11 is 0. The van der Waals surface area contributed by atoms with E-state index in [1.165, 1.54) is 30.5 Å². The van der Waals surface area contributed by atoms with Crippen LogP contribution in [0.5, 0.6) is 0 Å². The zero-order chi connectivity index (χ0) is 19.1. The summed E-state index contributed by atoms with van der Waals surface area (Å²) in [6.07, 6.45) is 4.51. The summed E-state index contributed by atoms with van der Waals surface area (Å²) in [7, 11) is 0. The minimum Gasteiger partial charge on any atom is -0.372 e. The van der Waals surface area contributed by atoms with Crippen molar-refractivity contribution in [3.8, 4) is 0 Å². The van der Waals surface area contributed by atoms with Gasteiger partial charge in [0.05, 0.1) is 0 Å². The van der Waals surface area contributed by atoms with Gasteiger partial charge in [0.1, 0.15) is 6.42 Å². The zero-order valence-corrected chi connectivity index (χ0v) is 15.8. The van der Waals surface area contributed by atoms with Crippen LogP contribution in [-0.2, 0) is 16.0 Å². The van der Waals surface area contributed by atoms with Crippen LogP contribution >= 0.6 is 0 Å². The first kappa shape index (κ1) is 19.0. The molecule has 0 radical (unpaired) electrons. The van der Waals surface area contributed by atoms with Crippen molar-refractivity contribution < 1.29 is 9.59 Å². The van der Waals surface area contributed by atoms with Gasteiger partial charge < -0.3 is 15.5 Å². The summed E-state index contributed by atoms with van der Waals surface area (Å²) in [5, 5.41) is 5.54. The number of rotatable bonds is 6. The lowest BCUT2D eigenvalue weighted by molar-refractivity contribution is -0.123. The molecule has 0 atom stereocenters. The van der Waals surface area contributed by atoms with Gasteiger partial charge in [-0.05, 0) is 67.6 Å². The van der Waals surface area contributed by atoms with Crippen LogP contribution in [0.1, 0.15) is 38.2 Å². The first-order chi connectivity index (χ1) is 13.1. The van der Waals surface area contributed by atoms with E-state index >= 15 is 0 Å². The first-order valence-corrected chi connectivity index (χ1v) is 9.67. The molecule has 27 heavy (non-hydrogen) atoms. The number of aryl methyl sites for hydroxylation is 1. The van der Waals surface area contributed by atoms with Crippen molar-refractivity contribution in [3.05, 3.63) is 54.1 Å². The van der Waals surface area contributed by atoms with Gasteiger partial charge in [0.15, 0.2) is 0 Å². The third kappa shape index (κ3) is 5.58. The molecule has 0 unspecified atom stereocenters. The summed E-state index contributed by atoms with van der Waals surface area (Å²) in [4.78, 5) is 26.5. The van der Waals surface area contributed by atoms with Crippen LogP contribution in [0.15, 0.2) is 48.5 Å². The maximum absolute atomic E-state index is 12.1. The molecule has 0 aliphatic carbocycles. The molecule has 2 amide bonds. The van der Waals surface area contributed by atoms with Gasteiger partial charge in [0.25, 0.3) is 0 Å². The Hall–Kier alpha value is -2.82. The molecule has 1 heterocycles. The fourth-order valence-corrected chi connectivity index (χ4v) is 3.29. The molecule has 5 heteroatoms. The molecule has 0 aromatic heterocycles. The van der Waals surface area contributed by atoms with E-state index in [2.05, 4.69) is 22.5 Å². The minimum atomic E-state index is -0.318. The predicted molar refractivity (Wildman–Crippen MR) is 110 cm³/mol. The largest absolute Gasteiger partial charge is 0.372 e. The molecule has 2 aromatic rings. The Balaban J connectivity index is 1.48. The normalized spacial score (nSPS) is 13.9.